The number of hydrogen-bond acceptors (Lipinski definition) is 7. The Labute approximate surface area is 254 Å². The van der Waals surface area contributed by atoms with Gasteiger partial charge in [0.15, 0.2) is 5.78 Å². The minimum atomic E-state index is -1.35. The predicted molar refractivity (Wildman–Crippen MR) is 158 cm³/mol. The number of likely N-dealkylation sites (tertiary alicyclic amines) is 1. The van der Waals surface area contributed by atoms with Gasteiger partial charge in [-0.25, -0.2) is 19.3 Å². The minimum absolute atomic E-state index is 0.122. The number of amides is 3. The number of carbonyl (C=O) groups excluding carboxylic acids is 4. The van der Waals surface area contributed by atoms with Crippen molar-refractivity contribution in [3.8, 4) is 0 Å². The summed E-state index contributed by atoms with van der Waals surface area (Å²) in [6.07, 6.45) is 5.84. The molecule has 4 heterocycles. The smallest absolute Gasteiger partial charge is 0.255 e. The monoisotopic (exact) mass is 647 g/mol. The Morgan fingerprint density at radius 2 is 1.88 bits per heavy atom. The lowest BCUT2D eigenvalue weighted by atomic mass is 10.00. The summed E-state index contributed by atoms with van der Waals surface area (Å²) in [4.78, 5) is 65.2. The largest absolute Gasteiger partial charge is 0.342 e. The van der Waals surface area contributed by atoms with Crippen molar-refractivity contribution < 1.29 is 23.6 Å². The molecule has 43 heavy (non-hydrogen) atoms. The van der Waals surface area contributed by atoms with Crippen molar-refractivity contribution in [2.45, 2.75) is 50.5 Å². The van der Waals surface area contributed by atoms with Crippen molar-refractivity contribution in [1.82, 2.24) is 29.7 Å². The highest BCUT2D eigenvalue weighted by atomic mass is 79.9. The average molecular weight is 648 g/mol. The molecule has 4 aromatic rings. The van der Waals surface area contributed by atoms with E-state index in [1.807, 2.05) is 18.2 Å². The number of pyridine rings is 1. The lowest BCUT2D eigenvalue weighted by Gasteiger charge is -2.24. The fourth-order valence-electron chi connectivity index (χ4n) is 5.56. The number of carbonyl (C=O) groups is 4. The highest BCUT2D eigenvalue weighted by molar-refractivity contribution is 9.10. The summed E-state index contributed by atoms with van der Waals surface area (Å²) < 4.78 is 16.7. The van der Waals surface area contributed by atoms with E-state index in [1.165, 1.54) is 30.5 Å². The van der Waals surface area contributed by atoms with Crippen LogP contribution in [-0.4, -0.2) is 66.7 Å². The number of Topliss-reactive ketones (excluding diaryl/α,β-unsaturated/α-hetero) is 1. The Morgan fingerprint density at radius 1 is 1.12 bits per heavy atom. The molecule has 11 nitrogen and oxygen atoms in total. The van der Waals surface area contributed by atoms with Crippen molar-refractivity contribution in [2.24, 2.45) is 0 Å². The number of fused-ring (bicyclic) bond motifs is 1. The first-order valence-electron chi connectivity index (χ1n) is 13.7. The van der Waals surface area contributed by atoms with Crippen LogP contribution in [-0.2, 0) is 21.7 Å². The second kappa shape index (κ2) is 11.3. The number of benzene rings is 1. The van der Waals surface area contributed by atoms with Gasteiger partial charge >= 0.3 is 0 Å². The van der Waals surface area contributed by atoms with Crippen LogP contribution >= 0.6 is 15.9 Å². The fourth-order valence-corrected chi connectivity index (χ4v) is 5.90. The highest BCUT2D eigenvalue weighted by Crippen LogP contribution is 2.46. The van der Waals surface area contributed by atoms with E-state index in [2.05, 4.69) is 41.5 Å². The molecule has 2 N–H and O–H groups in total. The molecule has 2 aliphatic rings. The molecule has 0 radical (unpaired) electrons. The molecule has 1 saturated carbocycles. The number of anilines is 1. The number of rotatable bonds is 8. The van der Waals surface area contributed by atoms with Crippen LogP contribution < -0.4 is 10.6 Å². The van der Waals surface area contributed by atoms with E-state index in [1.54, 1.807) is 29.0 Å². The van der Waals surface area contributed by atoms with Gasteiger partial charge in [0.05, 0.1) is 17.6 Å². The summed E-state index contributed by atoms with van der Waals surface area (Å²) in [7, 11) is 0. The van der Waals surface area contributed by atoms with Gasteiger partial charge in [-0.3, -0.25) is 19.2 Å². The topological polar surface area (TPSA) is 139 Å². The molecule has 0 bridgehead atoms. The second-order valence-electron chi connectivity index (χ2n) is 10.9. The van der Waals surface area contributed by atoms with Crippen LogP contribution in [0.3, 0.4) is 0 Å². The summed E-state index contributed by atoms with van der Waals surface area (Å²) in [6, 6.07) is 9.57. The molecular weight excluding hydrogens is 621 g/mol. The summed E-state index contributed by atoms with van der Waals surface area (Å²) in [5.41, 5.74) is 1.66. The third kappa shape index (κ3) is 5.76. The SMILES string of the molecule is CC(=O)c1cn(CC(=O)N2CC(F)CC2C(=O)Nc2cccc(Br)n2)c2ccc(C3(NC(=O)c4cncnc4)CC3)cc12. The van der Waals surface area contributed by atoms with E-state index < -0.39 is 29.6 Å². The maximum absolute atomic E-state index is 14.5. The third-order valence-corrected chi connectivity index (χ3v) is 8.33. The quantitative estimate of drug-likeness (QED) is 0.219. The average Bonchev–Trinajstić information content (AvgIpc) is 3.51. The normalized spacial score (nSPS) is 18.8. The van der Waals surface area contributed by atoms with Crippen molar-refractivity contribution >= 4 is 56.2 Å². The second-order valence-corrected chi connectivity index (χ2v) is 11.7. The van der Waals surface area contributed by atoms with Crippen molar-refractivity contribution in [3.05, 3.63) is 82.6 Å². The number of halogens is 2. The van der Waals surface area contributed by atoms with E-state index in [9.17, 15) is 23.6 Å². The summed E-state index contributed by atoms with van der Waals surface area (Å²) >= 11 is 3.25. The van der Waals surface area contributed by atoms with E-state index in [-0.39, 0.29) is 37.0 Å². The number of aromatic nitrogens is 4. The molecule has 6 rings (SSSR count). The maximum atomic E-state index is 14.5. The zero-order valence-electron chi connectivity index (χ0n) is 23.1. The van der Waals surface area contributed by atoms with E-state index >= 15 is 0 Å². The van der Waals surface area contributed by atoms with Gasteiger partial charge in [-0.1, -0.05) is 12.1 Å². The van der Waals surface area contributed by atoms with Gasteiger partial charge in [0.2, 0.25) is 11.8 Å². The molecule has 220 valence electrons. The summed E-state index contributed by atoms with van der Waals surface area (Å²) in [6.45, 7) is 1.05. The molecular formula is C30H27BrFN7O4. The minimum Gasteiger partial charge on any atom is -0.342 e. The Kier molecular flexibility index (Phi) is 7.50. The van der Waals surface area contributed by atoms with E-state index in [0.29, 0.717) is 26.6 Å². The molecule has 2 atom stereocenters. The molecule has 2 unspecified atom stereocenters. The van der Waals surface area contributed by atoms with Gasteiger partial charge in [0, 0.05) is 41.5 Å². The van der Waals surface area contributed by atoms with Crippen LogP contribution in [0.4, 0.5) is 10.2 Å². The summed E-state index contributed by atoms with van der Waals surface area (Å²) in [5.74, 6) is -1.17. The lowest BCUT2D eigenvalue weighted by Crippen LogP contribution is -2.44. The van der Waals surface area contributed by atoms with Crippen LogP contribution in [0.1, 0.15) is 52.5 Å². The predicted octanol–water partition coefficient (Wildman–Crippen LogP) is 3.79. The standard InChI is InChI=1S/C30H27BrFN7O4/c1-17(40)22-14-38(15-27(41)39-13-20(32)10-24(39)29(43)36-26-4-2-3-25(31)35-26)23-6-5-19(9-21(22)23)30(7-8-30)37-28(42)18-11-33-16-34-12-18/h2-6,9,11-12,14,16,20,24H,7-8,10,13,15H2,1H3,(H,37,42)(H,35,36,43). The van der Waals surface area contributed by atoms with Crippen molar-refractivity contribution in [1.29, 1.82) is 0 Å². The fraction of sp³-hybridized carbons (Fsp3) is 0.300. The summed E-state index contributed by atoms with van der Waals surface area (Å²) in [5, 5.41) is 6.38. The molecule has 3 aromatic heterocycles. The van der Waals surface area contributed by atoms with Crippen LogP contribution in [0.15, 0.2) is 65.9 Å². The molecule has 13 heteroatoms. The Balaban J connectivity index is 1.23. The molecule has 0 spiro atoms. The Hall–Kier alpha value is -4.52. The van der Waals surface area contributed by atoms with Gasteiger partial charge < -0.3 is 20.1 Å². The third-order valence-electron chi connectivity index (χ3n) is 7.88. The number of nitrogens with one attached hydrogen (secondary N) is 2. The Morgan fingerprint density at radius 3 is 2.58 bits per heavy atom. The molecule has 1 aliphatic heterocycles. The Bertz CT molecular complexity index is 1760. The number of hydrogen-bond donors (Lipinski definition) is 2. The highest BCUT2D eigenvalue weighted by Gasteiger charge is 2.46. The molecule has 1 aliphatic carbocycles. The van der Waals surface area contributed by atoms with Gasteiger partial charge in [0.1, 0.15) is 35.5 Å². The van der Waals surface area contributed by atoms with Crippen molar-refractivity contribution in [3.63, 3.8) is 0 Å². The van der Waals surface area contributed by atoms with E-state index in [4.69, 9.17) is 0 Å². The van der Waals surface area contributed by atoms with Crippen LogP contribution in [0.25, 0.3) is 10.9 Å². The molecule has 1 saturated heterocycles. The van der Waals surface area contributed by atoms with Crippen LogP contribution in [0.2, 0.25) is 0 Å². The number of ketones is 1. The first-order chi connectivity index (χ1) is 20.6. The van der Waals surface area contributed by atoms with Gasteiger partial charge in [-0.2, -0.15) is 0 Å². The lowest BCUT2D eigenvalue weighted by molar-refractivity contribution is -0.137. The molecule has 3 amide bonds. The van der Waals surface area contributed by atoms with Gasteiger partial charge in [-0.05, 0) is 65.5 Å². The number of alkyl halides is 1. The van der Waals surface area contributed by atoms with Gasteiger partial charge in [-0.15, -0.1) is 0 Å². The molecule has 2 fully saturated rings. The van der Waals surface area contributed by atoms with Crippen LogP contribution in [0.5, 0.6) is 0 Å². The zero-order chi connectivity index (χ0) is 30.3. The zero-order valence-corrected chi connectivity index (χ0v) is 24.7. The number of nitrogens with zero attached hydrogens (tertiary/aromatic N) is 5. The first-order valence-corrected chi connectivity index (χ1v) is 14.5. The first kappa shape index (κ1) is 28.6. The van der Waals surface area contributed by atoms with Crippen molar-refractivity contribution in [2.75, 3.05) is 11.9 Å². The maximum Gasteiger partial charge on any atom is 0.255 e. The molecule has 1 aromatic carbocycles. The van der Waals surface area contributed by atoms with E-state index in [0.717, 1.165) is 18.4 Å². The van der Waals surface area contributed by atoms with Crippen LogP contribution in [0, 0.1) is 0 Å². The van der Waals surface area contributed by atoms with Gasteiger partial charge in [0.25, 0.3) is 5.91 Å².